The van der Waals surface area contributed by atoms with E-state index in [4.69, 9.17) is 9.26 Å². The van der Waals surface area contributed by atoms with Gasteiger partial charge in [-0.3, -0.25) is 14.5 Å². The molecule has 0 saturated heterocycles. The molecule has 156 valence electrons. The van der Waals surface area contributed by atoms with Crippen LogP contribution in [0.25, 0.3) is 0 Å². The molecule has 4 heterocycles. The van der Waals surface area contributed by atoms with Crippen molar-refractivity contribution in [3.63, 3.8) is 0 Å². The fourth-order valence-corrected chi connectivity index (χ4v) is 3.77. The van der Waals surface area contributed by atoms with Gasteiger partial charge in [-0.2, -0.15) is 5.10 Å². The first-order valence-corrected chi connectivity index (χ1v) is 9.86. The Bertz CT molecular complexity index is 1070. The van der Waals surface area contributed by atoms with E-state index in [0.29, 0.717) is 36.5 Å². The predicted octanol–water partition coefficient (Wildman–Crippen LogP) is 2.31. The molecular formula is C21H23N5O4. The molecule has 0 bridgehead atoms. The molecule has 0 aliphatic carbocycles. The summed E-state index contributed by atoms with van der Waals surface area (Å²) < 4.78 is 12.2. The van der Waals surface area contributed by atoms with Crippen molar-refractivity contribution < 1.29 is 18.8 Å². The minimum atomic E-state index is -0.478. The number of carbonyl (C=O) groups is 2. The summed E-state index contributed by atoms with van der Waals surface area (Å²) in [6.07, 6.45) is 4.03. The van der Waals surface area contributed by atoms with Gasteiger partial charge in [-0.05, 0) is 38.5 Å². The van der Waals surface area contributed by atoms with Crippen LogP contribution in [-0.2, 0) is 24.2 Å². The molecule has 9 heteroatoms. The van der Waals surface area contributed by atoms with Crippen LogP contribution in [0.15, 0.2) is 29.0 Å². The largest absolute Gasteiger partial charge is 0.461 e. The second kappa shape index (κ2) is 8.10. The van der Waals surface area contributed by atoms with E-state index in [-0.39, 0.29) is 24.8 Å². The number of nitrogens with zero attached hydrogens (tertiary/aromatic N) is 5. The summed E-state index contributed by atoms with van der Waals surface area (Å²) in [5.74, 6) is -0.148. The lowest BCUT2D eigenvalue weighted by molar-refractivity contribution is 0.0513. The third-order valence-corrected chi connectivity index (χ3v) is 5.22. The van der Waals surface area contributed by atoms with Crippen molar-refractivity contribution in [2.45, 2.75) is 40.3 Å². The smallest absolute Gasteiger partial charge is 0.359 e. The third-order valence-electron chi connectivity index (χ3n) is 5.22. The number of hydrogen-bond acceptors (Lipinski definition) is 7. The fraction of sp³-hybridized carbons (Fsp3) is 0.381. The molecule has 0 saturated carbocycles. The van der Waals surface area contributed by atoms with Gasteiger partial charge in [0.25, 0.3) is 5.91 Å². The van der Waals surface area contributed by atoms with Crippen LogP contribution in [0.3, 0.4) is 0 Å². The fourth-order valence-electron chi connectivity index (χ4n) is 3.77. The maximum absolute atomic E-state index is 13.1. The van der Waals surface area contributed by atoms with E-state index in [0.717, 1.165) is 16.8 Å². The zero-order valence-corrected chi connectivity index (χ0v) is 17.2. The molecule has 0 atom stereocenters. The molecule has 3 aromatic rings. The summed E-state index contributed by atoms with van der Waals surface area (Å²) in [6.45, 7) is 6.79. The lowest BCUT2D eigenvalue weighted by Crippen LogP contribution is -2.37. The number of ether oxygens (including phenoxy) is 1. The van der Waals surface area contributed by atoms with E-state index in [1.54, 1.807) is 38.1 Å². The maximum atomic E-state index is 13.1. The minimum absolute atomic E-state index is 0.159. The van der Waals surface area contributed by atoms with Crippen LogP contribution >= 0.6 is 0 Å². The Morgan fingerprint density at radius 2 is 2.00 bits per heavy atom. The minimum Gasteiger partial charge on any atom is -0.461 e. The van der Waals surface area contributed by atoms with Gasteiger partial charge < -0.3 is 14.2 Å². The molecule has 0 N–H and O–H groups in total. The summed E-state index contributed by atoms with van der Waals surface area (Å²) in [5, 5.41) is 8.43. The van der Waals surface area contributed by atoms with Crippen LogP contribution in [0.2, 0.25) is 0 Å². The van der Waals surface area contributed by atoms with E-state index >= 15 is 0 Å². The monoisotopic (exact) mass is 409 g/mol. The van der Waals surface area contributed by atoms with E-state index in [1.165, 1.54) is 0 Å². The Balaban J connectivity index is 1.68. The number of fused-ring (bicyclic) bond motifs is 1. The summed E-state index contributed by atoms with van der Waals surface area (Å²) in [5.41, 5.74) is 3.99. The van der Waals surface area contributed by atoms with Gasteiger partial charge in [-0.1, -0.05) is 5.16 Å². The van der Waals surface area contributed by atoms with Crippen LogP contribution in [0.4, 0.5) is 0 Å². The molecule has 1 aliphatic rings. The standard InChI is InChI=1S/C21H23N5O4/c1-4-29-21(28)19-16-12-25(20(27)18-13(2)24-30-14(18)3)10-7-17(16)26(23-19)11-15-5-8-22-9-6-15/h5-6,8-9H,4,7,10-12H2,1-3H3. The highest BCUT2D eigenvalue weighted by atomic mass is 16.5. The molecular weight excluding hydrogens is 386 g/mol. The van der Waals surface area contributed by atoms with Crippen LogP contribution in [0, 0.1) is 13.8 Å². The summed E-state index contributed by atoms with van der Waals surface area (Å²) in [4.78, 5) is 31.4. The normalized spacial score (nSPS) is 13.2. The van der Waals surface area contributed by atoms with Crippen molar-refractivity contribution in [1.29, 1.82) is 0 Å². The third kappa shape index (κ3) is 3.58. The highest BCUT2D eigenvalue weighted by Crippen LogP contribution is 2.26. The number of rotatable bonds is 5. The van der Waals surface area contributed by atoms with Gasteiger partial charge in [0, 0.05) is 36.6 Å². The SMILES string of the molecule is CCOC(=O)c1nn(Cc2ccncc2)c2c1CN(C(=O)c1c(C)noc1C)CC2. The molecule has 3 aromatic heterocycles. The lowest BCUT2D eigenvalue weighted by atomic mass is 10.0. The average Bonchev–Trinajstić information content (AvgIpc) is 3.28. The number of aryl methyl sites for hydroxylation is 2. The molecule has 0 radical (unpaired) electrons. The molecule has 1 amide bonds. The first-order valence-electron chi connectivity index (χ1n) is 9.86. The highest BCUT2D eigenvalue weighted by molar-refractivity contribution is 5.96. The van der Waals surface area contributed by atoms with Gasteiger partial charge >= 0.3 is 5.97 Å². The number of amides is 1. The Morgan fingerprint density at radius 3 is 2.67 bits per heavy atom. The van der Waals surface area contributed by atoms with Crippen LogP contribution in [0.1, 0.15) is 56.0 Å². The van der Waals surface area contributed by atoms with Crippen LogP contribution in [-0.4, -0.2) is 49.8 Å². The van der Waals surface area contributed by atoms with Crippen molar-refractivity contribution >= 4 is 11.9 Å². The van der Waals surface area contributed by atoms with Crippen LogP contribution in [0.5, 0.6) is 0 Å². The Morgan fingerprint density at radius 1 is 1.23 bits per heavy atom. The summed E-state index contributed by atoms with van der Waals surface area (Å²) in [6, 6.07) is 3.82. The van der Waals surface area contributed by atoms with Crippen molar-refractivity contribution in [3.8, 4) is 0 Å². The molecule has 0 fully saturated rings. The number of esters is 1. The van der Waals surface area contributed by atoms with Gasteiger partial charge in [-0.15, -0.1) is 0 Å². The maximum Gasteiger partial charge on any atom is 0.359 e. The second-order valence-corrected chi connectivity index (χ2v) is 7.18. The van der Waals surface area contributed by atoms with Gasteiger partial charge in [0.2, 0.25) is 0 Å². The van der Waals surface area contributed by atoms with E-state index in [9.17, 15) is 9.59 Å². The zero-order valence-electron chi connectivity index (χ0n) is 17.2. The average molecular weight is 409 g/mol. The number of aromatic nitrogens is 4. The van der Waals surface area contributed by atoms with Gasteiger partial charge in [0.1, 0.15) is 11.3 Å². The number of pyridine rings is 1. The van der Waals surface area contributed by atoms with E-state index in [1.807, 2.05) is 16.8 Å². The van der Waals surface area contributed by atoms with Crippen LogP contribution < -0.4 is 0 Å². The Hall–Kier alpha value is -3.49. The van der Waals surface area contributed by atoms with Crippen molar-refractivity contribution in [2.75, 3.05) is 13.2 Å². The summed E-state index contributed by atoms with van der Waals surface area (Å²) in [7, 11) is 0. The van der Waals surface area contributed by atoms with Gasteiger partial charge in [-0.25, -0.2) is 4.79 Å². The topological polar surface area (TPSA) is 103 Å². The molecule has 4 rings (SSSR count). The van der Waals surface area contributed by atoms with Gasteiger partial charge in [0.15, 0.2) is 5.69 Å². The van der Waals surface area contributed by atoms with Gasteiger partial charge in [0.05, 0.1) is 25.4 Å². The highest BCUT2D eigenvalue weighted by Gasteiger charge is 2.32. The van der Waals surface area contributed by atoms with Crippen molar-refractivity contribution in [3.05, 3.63) is 64.1 Å². The van der Waals surface area contributed by atoms with E-state index in [2.05, 4.69) is 15.2 Å². The number of hydrogen-bond donors (Lipinski definition) is 0. The predicted molar refractivity (Wildman–Crippen MR) is 106 cm³/mol. The quantitative estimate of drug-likeness (QED) is 0.596. The first kappa shape index (κ1) is 19.8. The zero-order chi connectivity index (χ0) is 21.3. The molecule has 9 nitrogen and oxygen atoms in total. The second-order valence-electron chi connectivity index (χ2n) is 7.18. The number of carbonyl (C=O) groups excluding carboxylic acids is 2. The van der Waals surface area contributed by atoms with E-state index < -0.39 is 5.97 Å². The van der Waals surface area contributed by atoms with Crippen molar-refractivity contribution in [1.82, 2.24) is 24.8 Å². The molecule has 1 aliphatic heterocycles. The van der Waals surface area contributed by atoms with Crippen molar-refractivity contribution in [2.24, 2.45) is 0 Å². The Labute approximate surface area is 173 Å². The summed E-state index contributed by atoms with van der Waals surface area (Å²) >= 11 is 0. The Kier molecular flexibility index (Phi) is 5.35. The molecule has 0 spiro atoms. The molecule has 0 aromatic carbocycles. The lowest BCUT2D eigenvalue weighted by Gasteiger charge is -2.27. The molecule has 30 heavy (non-hydrogen) atoms. The first-order chi connectivity index (χ1) is 14.5. The molecule has 0 unspecified atom stereocenters.